The number of hydrogen-bond donors (Lipinski definition) is 1. The molecule has 0 radical (unpaired) electrons. The van der Waals surface area contributed by atoms with Crippen molar-refractivity contribution in [3.05, 3.63) is 41.3 Å². The van der Waals surface area contributed by atoms with Gasteiger partial charge in [0.15, 0.2) is 5.82 Å². The number of aryl methyl sites for hydroxylation is 2. The fourth-order valence-corrected chi connectivity index (χ4v) is 2.32. The number of likely N-dealkylation sites (tertiary alicyclic amines) is 1. The highest BCUT2D eigenvalue weighted by atomic mass is 16.2. The Morgan fingerprint density at radius 2 is 2.14 bits per heavy atom. The molecule has 1 aliphatic rings. The van der Waals surface area contributed by atoms with Crippen LogP contribution in [0.25, 0.3) is 5.82 Å². The van der Waals surface area contributed by atoms with Crippen molar-refractivity contribution in [2.24, 2.45) is 0 Å². The van der Waals surface area contributed by atoms with Gasteiger partial charge < -0.3 is 10.2 Å². The van der Waals surface area contributed by atoms with Crippen molar-refractivity contribution in [2.75, 3.05) is 13.1 Å². The Kier molecular flexibility index (Phi) is 3.60. The maximum atomic E-state index is 11.7. The molecule has 6 nitrogen and oxygen atoms in total. The summed E-state index contributed by atoms with van der Waals surface area (Å²) in [7, 11) is 0. The SMILES string of the molecule is Cc1cc(C)n(-c2ccc(CNC(=O)N3CCC3)cn2)n1. The van der Waals surface area contributed by atoms with Gasteiger partial charge in [0.2, 0.25) is 0 Å². The fourth-order valence-electron chi connectivity index (χ4n) is 2.32. The Hall–Kier alpha value is -2.37. The van der Waals surface area contributed by atoms with Gasteiger partial charge in [0, 0.05) is 31.5 Å². The third-order valence-corrected chi connectivity index (χ3v) is 3.62. The molecule has 0 spiro atoms. The number of amides is 2. The Morgan fingerprint density at radius 1 is 1.33 bits per heavy atom. The van der Waals surface area contributed by atoms with Gasteiger partial charge in [0.25, 0.3) is 0 Å². The summed E-state index contributed by atoms with van der Waals surface area (Å²) in [4.78, 5) is 17.9. The lowest BCUT2D eigenvalue weighted by atomic mass is 10.2. The molecule has 2 aromatic heterocycles. The summed E-state index contributed by atoms with van der Waals surface area (Å²) in [6, 6.07) is 5.91. The Morgan fingerprint density at radius 3 is 2.67 bits per heavy atom. The van der Waals surface area contributed by atoms with Crippen LogP contribution < -0.4 is 5.32 Å². The van der Waals surface area contributed by atoms with Crippen molar-refractivity contribution in [1.29, 1.82) is 0 Å². The normalized spacial score (nSPS) is 13.9. The van der Waals surface area contributed by atoms with E-state index in [4.69, 9.17) is 0 Å². The first kappa shape index (κ1) is 13.6. The van der Waals surface area contributed by atoms with E-state index in [2.05, 4.69) is 15.4 Å². The monoisotopic (exact) mass is 285 g/mol. The predicted molar refractivity (Wildman–Crippen MR) is 79.3 cm³/mol. The number of pyridine rings is 1. The maximum absolute atomic E-state index is 11.7. The van der Waals surface area contributed by atoms with E-state index in [-0.39, 0.29) is 6.03 Å². The number of rotatable bonds is 3. The van der Waals surface area contributed by atoms with Crippen LogP contribution in [0.15, 0.2) is 24.4 Å². The van der Waals surface area contributed by atoms with Crippen LogP contribution in [0.4, 0.5) is 4.79 Å². The van der Waals surface area contributed by atoms with E-state index in [1.54, 1.807) is 11.1 Å². The number of urea groups is 1. The van der Waals surface area contributed by atoms with Gasteiger partial charge in [0.05, 0.1) is 5.69 Å². The Balaban J connectivity index is 1.64. The molecule has 0 bridgehead atoms. The summed E-state index contributed by atoms with van der Waals surface area (Å²) in [6.45, 7) is 6.19. The molecular weight excluding hydrogens is 266 g/mol. The minimum atomic E-state index is 0.00359. The van der Waals surface area contributed by atoms with E-state index >= 15 is 0 Å². The van der Waals surface area contributed by atoms with Crippen LogP contribution in [-0.4, -0.2) is 38.8 Å². The lowest BCUT2D eigenvalue weighted by Gasteiger charge is -2.30. The third-order valence-electron chi connectivity index (χ3n) is 3.62. The minimum absolute atomic E-state index is 0.00359. The highest BCUT2D eigenvalue weighted by molar-refractivity contribution is 5.74. The van der Waals surface area contributed by atoms with Crippen LogP contribution in [0.5, 0.6) is 0 Å². The molecule has 3 heterocycles. The van der Waals surface area contributed by atoms with Gasteiger partial charge in [0.1, 0.15) is 0 Å². The molecule has 2 aromatic rings. The second-order valence-electron chi connectivity index (χ2n) is 5.36. The lowest BCUT2D eigenvalue weighted by molar-refractivity contribution is 0.167. The first-order chi connectivity index (χ1) is 10.1. The standard InChI is InChI=1S/C15H19N5O/c1-11-8-12(2)20(18-11)14-5-4-13(9-16-14)10-17-15(21)19-6-3-7-19/h4-5,8-9H,3,6-7,10H2,1-2H3,(H,17,21). The molecule has 0 aromatic carbocycles. The van der Waals surface area contributed by atoms with Gasteiger partial charge in [-0.05, 0) is 38.0 Å². The molecule has 0 atom stereocenters. The maximum Gasteiger partial charge on any atom is 0.317 e. The topological polar surface area (TPSA) is 63.1 Å². The summed E-state index contributed by atoms with van der Waals surface area (Å²) < 4.78 is 1.82. The van der Waals surface area contributed by atoms with E-state index in [9.17, 15) is 4.79 Å². The second-order valence-corrected chi connectivity index (χ2v) is 5.36. The second kappa shape index (κ2) is 5.55. The number of hydrogen-bond acceptors (Lipinski definition) is 3. The lowest BCUT2D eigenvalue weighted by Crippen LogP contribution is -2.47. The molecule has 110 valence electrons. The summed E-state index contributed by atoms with van der Waals surface area (Å²) in [6.07, 6.45) is 2.88. The summed E-state index contributed by atoms with van der Waals surface area (Å²) >= 11 is 0. The molecule has 0 aliphatic carbocycles. The molecule has 1 N–H and O–H groups in total. The summed E-state index contributed by atoms with van der Waals surface area (Å²) in [5, 5.41) is 7.30. The number of aromatic nitrogens is 3. The van der Waals surface area contributed by atoms with Crippen LogP contribution in [0.1, 0.15) is 23.4 Å². The van der Waals surface area contributed by atoms with E-state index in [1.807, 2.05) is 36.7 Å². The zero-order chi connectivity index (χ0) is 14.8. The Labute approximate surface area is 123 Å². The minimum Gasteiger partial charge on any atom is -0.334 e. The quantitative estimate of drug-likeness (QED) is 0.935. The molecular formula is C15H19N5O. The van der Waals surface area contributed by atoms with Crippen LogP contribution in [0.2, 0.25) is 0 Å². The van der Waals surface area contributed by atoms with Gasteiger partial charge in [-0.15, -0.1) is 0 Å². The summed E-state index contributed by atoms with van der Waals surface area (Å²) in [5.41, 5.74) is 3.01. The van der Waals surface area contributed by atoms with Crippen molar-refractivity contribution in [2.45, 2.75) is 26.8 Å². The fraction of sp³-hybridized carbons (Fsp3) is 0.400. The number of nitrogens with one attached hydrogen (secondary N) is 1. The van der Waals surface area contributed by atoms with Crippen LogP contribution in [-0.2, 0) is 6.54 Å². The molecule has 0 unspecified atom stereocenters. The zero-order valence-electron chi connectivity index (χ0n) is 12.3. The predicted octanol–water partition coefficient (Wildman–Crippen LogP) is 1.80. The van der Waals surface area contributed by atoms with Gasteiger partial charge in [-0.1, -0.05) is 6.07 Å². The zero-order valence-corrected chi connectivity index (χ0v) is 12.3. The first-order valence-corrected chi connectivity index (χ1v) is 7.15. The number of carbonyl (C=O) groups is 1. The van der Waals surface area contributed by atoms with Crippen molar-refractivity contribution >= 4 is 6.03 Å². The molecule has 1 saturated heterocycles. The first-order valence-electron chi connectivity index (χ1n) is 7.15. The molecule has 1 aliphatic heterocycles. The summed E-state index contributed by atoms with van der Waals surface area (Å²) in [5.74, 6) is 0.790. The average molecular weight is 285 g/mol. The van der Waals surface area contributed by atoms with Crippen LogP contribution >= 0.6 is 0 Å². The van der Waals surface area contributed by atoms with E-state index in [0.29, 0.717) is 6.54 Å². The van der Waals surface area contributed by atoms with E-state index in [1.165, 1.54) is 0 Å². The van der Waals surface area contributed by atoms with Crippen molar-refractivity contribution in [1.82, 2.24) is 25.0 Å². The van der Waals surface area contributed by atoms with Gasteiger partial charge in [-0.2, -0.15) is 5.10 Å². The molecule has 2 amide bonds. The van der Waals surface area contributed by atoms with E-state index < -0.39 is 0 Å². The highest BCUT2D eigenvalue weighted by Gasteiger charge is 2.19. The molecule has 1 fully saturated rings. The van der Waals surface area contributed by atoms with Crippen molar-refractivity contribution < 1.29 is 4.79 Å². The smallest absolute Gasteiger partial charge is 0.317 e. The van der Waals surface area contributed by atoms with Crippen molar-refractivity contribution in [3.63, 3.8) is 0 Å². The van der Waals surface area contributed by atoms with Gasteiger partial charge >= 0.3 is 6.03 Å². The van der Waals surface area contributed by atoms with Crippen molar-refractivity contribution in [3.8, 4) is 5.82 Å². The average Bonchev–Trinajstić information content (AvgIpc) is 2.74. The largest absolute Gasteiger partial charge is 0.334 e. The Bertz CT molecular complexity index is 643. The molecule has 3 rings (SSSR count). The van der Waals surface area contributed by atoms with E-state index in [0.717, 1.165) is 42.3 Å². The molecule has 0 saturated carbocycles. The number of carbonyl (C=O) groups excluding carboxylic acids is 1. The number of nitrogens with zero attached hydrogens (tertiary/aromatic N) is 4. The molecule has 6 heteroatoms. The van der Waals surface area contributed by atoms with Crippen LogP contribution in [0, 0.1) is 13.8 Å². The highest BCUT2D eigenvalue weighted by Crippen LogP contribution is 2.10. The van der Waals surface area contributed by atoms with Gasteiger partial charge in [-0.25, -0.2) is 14.5 Å². The van der Waals surface area contributed by atoms with Gasteiger partial charge in [-0.3, -0.25) is 0 Å². The van der Waals surface area contributed by atoms with Crippen LogP contribution in [0.3, 0.4) is 0 Å². The molecule has 21 heavy (non-hydrogen) atoms. The third kappa shape index (κ3) is 2.89.